The summed E-state index contributed by atoms with van der Waals surface area (Å²) in [5, 5.41) is 3.52. The van der Waals surface area contributed by atoms with Crippen LogP contribution in [-0.2, 0) is 0 Å². The molecule has 1 saturated heterocycles. The van der Waals surface area contributed by atoms with Gasteiger partial charge in [0.15, 0.2) is 0 Å². The minimum absolute atomic E-state index is 0.828. The Morgan fingerprint density at radius 3 is 2.57 bits per heavy atom. The number of nitrogens with one attached hydrogen (secondary N) is 1. The summed E-state index contributed by atoms with van der Waals surface area (Å²) in [7, 11) is 0. The average molecular weight is 196 g/mol. The normalized spacial score (nSPS) is 29.1. The Morgan fingerprint density at radius 1 is 1.21 bits per heavy atom. The Labute approximate surface area is 88.1 Å². The van der Waals surface area contributed by atoms with E-state index < -0.39 is 0 Å². The maximum Gasteiger partial charge on any atom is 0.0221 e. The summed E-state index contributed by atoms with van der Waals surface area (Å²) in [6.45, 7) is 7.37. The first-order chi connectivity index (χ1) is 6.90. The highest BCUT2D eigenvalue weighted by atomic mass is 15.2. The first-order valence-electron chi connectivity index (χ1n) is 6.35. The van der Waals surface area contributed by atoms with Gasteiger partial charge in [-0.3, -0.25) is 4.90 Å². The van der Waals surface area contributed by atoms with E-state index in [2.05, 4.69) is 17.1 Å². The molecule has 1 heterocycles. The monoisotopic (exact) mass is 196 g/mol. The van der Waals surface area contributed by atoms with Crippen LogP contribution in [0.1, 0.15) is 39.0 Å². The van der Waals surface area contributed by atoms with Crippen molar-refractivity contribution in [3.8, 4) is 0 Å². The van der Waals surface area contributed by atoms with E-state index in [4.69, 9.17) is 0 Å². The van der Waals surface area contributed by atoms with E-state index in [0.717, 1.165) is 12.0 Å². The third kappa shape index (κ3) is 2.48. The predicted octanol–water partition coefficient (Wildman–Crippen LogP) is 1.86. The van der Waals surface area contributed by atoms with Crippen molar-refractivity contribution in [2.24, 2.45) is 5.92 Å². The fourth-order valence-corrected chi connectivity index (χ4v) is 2.69. The molecule has 0 amide bonds. The molecule has 1 saturated carbocycles. The van der Waals surface area contributed by atoms with E-state index in [1.165, 1.54) is 58.3 Å². The summed E-state index contributed by atoms with van der Waals surface area (Å²) in [6.07, 6.45) is 7.22. The van der Waals surface area contributed by atoms with Gasteiger partial charge in [-0.2, -0.15) is 0 Å². The van der Waals surface area contributed by atoms with Gasteiger partial charge in [-0.15, -0.1) is 0 Å². The van der Waals surface area contributed by atoms with Crippen LogP contribution in [0.3, 0.4) is 0 Å². The Morgan fingerprint density at radius 2 is 2.07 bits per heavy atom. The van der Waals surface area contributed by atoms with Gasteiger partial charge in [0.2, 0.25) is 0 Å². The van der Waals surface area contributed by atoms with Gasteiger partial charge in [-0.25, -0.2) is 0 Å². The zero-order valence-corrected chi connectivity index (χ0v) is 9.47. The van der Waals surface area contributed by atoms with E-state index in [9.17, 15) is 0 Å². The molecule has 1 aliphatic heterocycles. The van der Waals surface area contributed by atoms with Gasteiger partial charge in [0, 0.05) is 19.1 Å². The molecule has 0 spiro atoms. The summed E-state index contributed by atoms with van der Waals surface area (Å²) in [6, 6.07) is 0.828. The molecule has 1 unspecified atom stereocenters. The molecule has 14 heavy (non-hydrogen) atoms. The zero-order chi connectivity index (χ0) is 9.80. The van der Waals surface area contributed by atoms with Crippen LogP contribution < -0.4 is 5.32 Å². The Balaban J connectivity index is 1.77. The third-order valence-electron chi connectivity index (χ3n) is 3.91. The Hall–Kier alpha value is -0.0800. The largest absolute Gasteiger partial charge is 0.315 e. The molecule has 2 fully saturated rings. The molecule has 1 aliphatic carbocycles. The highest BCUT2D eigenvalue weighted by Crippen LogP contribution is 2.28. The van der Waals surface area contributed by atoms with Gasteiger partial charge < -0.3 is 5.32 Å². The van der Waals surface area contributed by atoms with Crippen LogP contribution in [0.5, 0.6) is 0 Å². The lowest BCUT2D eigenvalue weighted by molar-refractivity contribution is 0.121. The van der Waals surface area contributed by atoms with E-state index in [-0.39, 0.29) is 0 Å². The van der Waals surface area contributed by atoms with Crippen LogP contribution in [0.25, 0.3) is 0 Å². The quantitative estimate of drug-likeness (QED) is 0.738. The highest BCUT2D eigenvalue weighted by Gasteiger charge is 2.25. The minimum atomic E-state index is 0.828. The molecule has 2 nitrogen and oxygen atoms in total. The molecule has 1 N–H and O–H groups in total. The first kappa shape index (κ1) is 10.4. The molecule has 0 aromatic heterocycles. The van der Waals surface area contributed by atoms with Gasteiger partial charge in [0.05, 0.1) is 0 Å². The molecule has 0 aromatic rings. The maximum absolute atomic E-state index is 3.52. The van der Waals surface area contributed by atoms with Crippen LogP contribution in [0.2, 0.25) is 0 Å². The van der Waals surface area contributed by atoms with Crippen LogP contribution in [0.15, 0.2) is 0 Å². The molecular formula is C12H24N2. The second-order valence-electron chi connectivity index (χ2n) is 4.88. The lowest BCUT2D eigenvalue weighted by Gasteiger charge is -2.38. The summed E-state index contributed by atoms with van der Waals surface area (Å²) in [4.78, 5) is 2.70. The summed E-state index contributed by atoms with van der Waals surface area (Å²) in [5.74, 6) is 1.02. The van der Waals surface area contributed by atoms with Crippen molar-refractivity contribution in [2.45, 2.75) is 45.1 Å². The maximum atomic E-state index is 3.52. The second-order valence-corrected chi connectivity index (χ2v) is 4.88. The van der Waals surface area contributed by atoms with Crippen LogP contribution in [0.4, 0.5) is 0 Å². The molecule has 82 valence electrons. The van der Waals surface area contributed by atoms with Gasteiger partial charge in [-0.1, -0.05) is 13.3 Å². The lowest BCUT2D eigenvalue weighted by atomic mass is 9.84. The SMILES string of the molecule is CCN(CC1CCC1)C1CCCNC1. The van der Waals surface area contributed by atoms with Gasteiger partial charge in [0.1, 0.15) is 0 Å². The van der Waals surface area contributed by atoms with Crippen molar-refractivity contribution in [1.29, 1.82) is 0 Å². The van der Waals surface area contributed by atoms with Crippen LogP contribution >= 0.6 is 0 Å². The zero-order valence-electron chi connectivity index (χ0n) is 9.47. The highest BCUT2D eigenvalue weighted by molar-refractivity contribution is 4.81. The number of piperidine rings is 1. The van der Waals surface area contributed by atoms with Gasteiger partial charge in [-0.05, 0) is 44.7 Å². The van der Waals surface area contributed by atoms with Crippen molar-refractivity contribution in [3.63, 3.8) is 0 Å². The molecule has 0 bridgehead atoms. The fraction of sp³-hybridized carbons (Fsp3) is 1.00. The summed E-state index contributed by atoms with van der Waals surface area (Å²) < 4.78 is 0. The van der Waals surface area contributed by atoms with Crippen molar-refractivity contribution >= 4 is 0 Å². The molecule has 0 radical (unpaired) electrons. The minimum Gasteiger partial charge on any atom is -0.315 e. The Kier molecular flexibility index (Phi) is 3.82. The number of hydrogen-bond acceptors (Lipinski definition) is 2. The standard InChI is InChI=1S/C12H24N2/c1-2-14(10-11-5-3-6-11)12-7-4-8-13-9-12/h11-13H,2-10H2,1H3. The van der Waals surface area contributed by atoms with E-state index >= 15 is 0 Å². The molecule has 2 aliphatic rings. The third-order valence-corrected chi connectivity index (χ3v) is 3.91. The molecule has 2 rings (SSSR count). The summed E-state index contributed by atoms with van der Waals surface area (Å²) in [5.41, 5.74) is 0. The van der Waals surface area contributed by atoms with E-state index in [1.807, 2.05) is 0 Å². The number of likely N-dealkylation sites (N-methyl/N-ethyl adjacent to an activating group) is 1. The molecule has 2 heteroatoms. The average Bonchev–Trinajstić information content (AvgIpc) is 2.18. The number of rotatable bonds is 4. The number of nitrogens with zero attached hydrogens (tertiary/aromatic N) is 1. The van der Waals surface area contributed by atoms with Crippen LogP contribution in [-0.4, -0.2) is 37.1 Å². The molecule has 0 aromatic carbocycles. The predicted molar refractivity (Wildman–Crippen MR) is 60.5 cm³/mol. The lowest BCUT2D eigenvalue weighted by Crippen LogP contribution is -2.48. The Bertz CT molecular complexity index is 160. The second kappa shape index (κ2) is 5.13. The number of hydrogen-bond donors (Lipinski definition) is 1. The first-order valence-corrected chi connectivity index (χ1v) is 6.35. The van der Waals surface area contributed by atoms with E-state index in [0.29, 0.717) is 0 Å². The fourth-order valence-electron chi connectivity index (χ4n) is 2.69. The topological polar surface area (TPSA) is 15.3 Å². The van der Waals surface area contributed by atoms with Crippen molar-refractivity contribution in [3.05, 3.63) is 0 Å². The summed E-state index contributed by atoms with van der Waals surface area (Å²) >= 11 is 0. The molecular weight excluding hydrogens is 172 g/mol. The van der Waals surface area contributed by atoms with Crippen molar-refractivity contribution in [2.75, 3.05) is 26.2 Å². The van der Waals surface area contributed by atoms with Crippen molar-refractivity contribution in [1.82, 2.24) is 10.2 Å². The smallest absolute Gasteiger partial charge is 0.0221 e. The van der Waals surface area contributed by atoms with Gasteiger partial charge in [0.25, 0.3) is 0 Å². The van der Waals surface area contributed by atoms with Crippen molar-refractivity contribution < 1.29 is 0 Å². The molecule has 1 atom stereocenters. The van der Waals surface area contributed by atoms with E-state index in [1.54, 1.807) is 0 Å². The van der Waals surface area contributed by atoms with Gasteiger partial charge >= 0.3 is 0 Å². The van der Waals surface area contributed by atoms with Crippen LogP contribution in [0, 0.1) is 5.92 Å².